The summed E-state index contributed by atoms with van der Waals surface area (Å²) in [7, 11) is 2.15. The number of likely N-dealkylation sites (N-methyl/N-ethyl adjacent to an activating group) is 1. The molecule has 7 rings (SSSR count). The molecule has 218 valence electrons. The number of carbonyl (C=O) groups excluding carboxylic acids is 1. The van der Waals surface area contributed by atoms with Gasteiger partial charge in [-0.3, -0.25) is 9.69 Å². The van der Waals surface area contributed by atoms with Crippen LogP contribution in [0, 0.1) is 0 Å². The fraction of sp³-hybridized carbons (Fsp3) is 0.667. The molecule has 41 heavy (non-hydrogen) atoms. The smallest absolute Gasteiger partial charge is 0.217 e. The summed E-state index contributed by atoms with van der Waals surface area (Å²) in [5, 5.41) is 13.4. The highest BCUT2D eigenvalue weighted by Gasteiger charge is 2.48. The van der Waals surface area contributed by atoms with E-state index in [0.717, 1.165) is 95.3 Å². The lowest BCUT2D eigenvalue weighted by molar-refractivity contribution is -0.128. The molecule has 3 fully saturated rings. The van der Waals surface area contributed by atoms with Crippen molar-refractivity contribution < 1.29 is 18.8 Å². The molecule has 0 unspecified atom stereocenters. The van der Waals surface area contributed by atoms with Gasteiger partial charge in [0.25, 0.3) is 0 Å². The van der Waals surface area contributed by atoms with E-state index >= 15 is 0 Å². The van der Waals surface area contributed by atoms with Gasteiger partial charge in [-0.25, -0.2) is 9.67 Å². The molecule has 11 heteroatoms. The van der Waals surface area contributed by atoms with Crippen molar-refractivity contribution in [2.45, 2.75) is 101 Å². The third-order valence-corrected chi connectivity index (χ3v) is 9.72. The molecule has 3 aromatic heterocycles. The van der Waals surface area contributed by atoms with Crippen molar-refractivity contribution in [1.29, 1.82) is 0 Å². The maximum atomic E-state index is 13.2. The minimum atomic E-state index is -0.554. The Bertz CT molecular complexity index is 1410. The zero-order valence-electron chi connectivity index (χ0n) is 24.0. The first-order valence-electron chi connectivity index (χ1n) is 15.3. The van der Waals surface area contributed by atoms with E-state index in [4.69, 9.17) is 24.0 Å². The van der Waals surface area contributed by atoms with E-state index in [-0.39, 0.29) is 17.9 Å². The average Bonchev–Trinajstić information content (AvgIpc) is 3.75. The summed E-state index contributed by atoms with van der Waals surface area (Å²) in [5.74, 6) is 1.93. The van der Waals surface area contributed by atoms with Crippen molar-refractivity contribution in [2.75, 3.05) is 26.8 Å². The summed E-state index contributed by atoms with van der Waals surface area (Å²) in [4.78, 5) is 25.4. The quantitative estimate of drug-likeness (QED) is 0.430. The molecule has 2 aliphatic carbocycles. The van der Waals surface area contributed by atoms with Crippen LogP contribution in [0.15, 0.2) is 16.8 Å². The lowest BCUT2D eigenvalue weighted by Crippen LogP contribution is -2.41. The second-order valence-corrected chi connectivity index (χ2v) is 12.3. The largest absolute Gasteiger partial charge is 0.473 e. The number of carbonyl (C=O) groups is 1. The van der Waals surface area contributed by atoms with E-state index < -0.39 is 5.41 Å². The maximum Gasteiger partial charge on any atom is 0.217 e. The van der Waals surface area contributed by atoms with Crippen LogP contribution in [0.25, 0.3) is 22.9 Å². The minimum Gasteiger partial charge on any atom is -0.473 e. The van der Waals surface area contributed by atoms with E-state index in [1.165, 1.54) is 0 Å². The van der Waals surface area contributed by atoms with E-state index in [1.807, 2.05) is 16.9 Å². The maximum absolute atomic E-state index is 13.2. The van der Waals surface area contributed by atoms with Crippen molar-refractivity contribution >= 4 is 5.78 Å². The molecule has 4 aliphatic rings. The monoisotopic (exact) mass is 561 g/mol. The predicted molar refractivity (Wildman–Crippen MR) is 149 cm³/mol. The highest BCUT2D eigenvalue weighted by atomic mass is 16.5. The second-order valence-electron chi connectivity index (χ2n) is 12.3. The molecule has 2 saturated heterocycles. The number of nitrogens with zero attached hydrogens (tertiary/aromatic N) is 7. The van der Waals surface area contributed by atoms with Crippen molar-refractivity contribution in [3.05, 3.63) is 23.6 Å². The molecule has 1 saturated carbocycles. The van der Waals surface area contributed by atoms with E-state index in [1.54, 1.807) is 0 Å². The number of ketones is 1. The lowest BCUT2D eigenvalue weighted by Gasteiger charge is -2.36. The molecule has 2 aliphatic heterocycles. The van der Waals surface area contributed by atoms with Gasteiger partial charge in [0, 0.05) is 37.3 Å². The Labute approximate surface area is 240 Å². The first-order valence-corrected chi connectivity index (χ1v) is 15.3. The molecule has 0 radical (unpaired) electrons. The van der Waals surface area contributed by atoms with Gasteiger partial charge in [-0.2, -0.15) is 4.98 Å². The van der Waals surface area contributed by atoms with Crippen LogP contribution < -0.4 is 4.74 Å². The summed E-state index contributed by atoms with van der Waals surface area (Å²) in [6, 6.07) is 2.43. The van der Waals surface area contributed by atoms with Crippen LogP contribution in [0.3, 0.4) is 0 Å². The first kappa shape index (κ1) is 26.7. The average molecular weight is 562 g/mol. The molecule has 3 atom stereocenters. The third-order valence-electron chi connectivity index (χ3n) is 9.72. The Morgan fingerprint density at radius 3 is 2.71 bits per heavy atom. The number of aromatic nitrogens is 6. The fourth-order valence-corrected chi connectivity index (χ4v) is 7.41. The Balaban J connectivity index is 1.27. The highest BCUT2D eigenvalue weighted by molar-refractivity contribution is 5.91. The van der Waals surface area contributed by atoms with Gasteiger partial charge in [0.05, 0.1) is 17.7 Å². The highest BCUT2D eigenvalue weighted by Crippen LogP contribution is 2.47. The van der Waals surface area contributed by atoms with Crippen LogP contribution in [0.4, 0.5) is 0 Å². The minimum absolute atomic E-state index is 0.0506. The molecule has 0 bridgehead atoms. The number of hydrogen-bond donors (Lipinski definition) is 0. The van der Waals surface area contributed by atoms with Gasteiger partial charge in [0.2, 0.25) is 5.88 Å². The molecule has 11 nitrogen and oxygen atoms in total. The number of ether oxygens (including phenoxy) is 2. The van der Waals surface area contributed by atoms with Gasteiger partial charge in [0.15, 0.2) is 17.3 Å². The Morgan fingerprint density at radius 2 is 1.90 bits per heavy atom. The van der Waals surface area contributed by atoms with Gasteiger partial charge in [-0.05, 0) is 78.3 Å². The SMILES string of the molecule is C[C@H](Oc1cc(-c2cn(C3CCOCC3)nn2)nc(-c2noc3c2CCC[C@@]32CCCCC2=O)n1)[C@@H]1CCCN1C. The Morgan fingerprint density at radius 1 is 1.05 bits per heavy atom. The summed E-state index contributed by atoms with van der Waals surface area (Å²) in [6.07, 6.45) is 11.9. The lowest BCUT2D eigenvalue weighted by atomic mass is 9.64. The molecule has 1 spiro atoms. The van der Waals surface area contributed by atoms with Crippen molar-refractivity contribution in [1.82, 2.24) is 35.0 Å². The van der Waals surface area contributed by atoms with E-state index in [0.29, 0.717) is 41.2 Å². The zero-order valence-corrected chi connectivity index (χ0v) is 24.0. The number of Topliss-reactive ketones (excluding diaryl/α,β-unsaturated/α-hetero) is 1. The third kappa shape index (κ3) is 4.86. The Hall–Kier alpha value is -3.18. The van der Waals surface area contributed by atoms with Gasteiger partial charge in [-0.1, -0.05) is 16.8 Å². The summed E-state index contributed by atoms with van der Waals surface area (Å²) in [6.45, 7) is 4.62. The summed E-state index contributed by atoms with van der Waals surface area (Å²) < 4.78 is 19.9. The number of hydrogen-bond acceptors (Lipinski definition) is 10. The van der Waals surface area contributed by atoms with Gasteiger partial charge in [0.1, 0.15) is 23.3 Å². The molecule has 5 heterocycles. The van der Waals surface area contributed by atoms with Gasteiger partial charge >= 0.3 is 0 Å². The fourth-order valence-electron chi connectivity index (χ4n) is 7.41. The van der Waals surface area contributed by atoms with Crippen molar-refractivity contribution in [2.24, 2.45) is 0 Å². The number of fused-ring (bicyclic) bond motifs is 2. The van der Waals surface area contributed by atoms with E-state index in [9.17, 15) is 4.79 Å². The number of rotatable bonds is 6. The molecule has 3 aromatic rings. The van der Waals surface area contributed by atoms with Crippen LogP contribution >= 0.6 is 0 Å². The molecule has 0 N–H and O–H groups in total. The number of likely N-dealkylation sites (tertiary alicyclic amines) is 1. The predicted octanol–water partition coefficient (Wildman–Crippen LogP) is 4.32. The van der Waals surface area contributed by atoms with E-state index in [2.05, 4.69) is 34.3 Å². The van der Waals surface area contributed by atoms with Crippen LogP contribution in [-0.2, 0) is 21.4 Å². The second kappa shape index (κ2) is 10.9. The van der Waals surface area contributed by atoms with Crippen LogP contribution in [0.1, 0.15) is 88.5 Å². The van der Waals surface area contributed by atoms with Crippen LogP contribution in [-0.4, -0.2) is 79.8 Å². The zero-order chi connectivity index (χ0) is 28.0. The first-order chi connectivity index (χ1) is 20.0. The van der Waals surface area contributed by atoms with Crippen molar-refractivity contribution in [3.8, 4) is 28.8 Å². The molecular formula is C30H39N7O4. The standard InChI is InChI=1S/C30H39N7O4/c1-19(24-8-6-14-36(24)2)40-26-17-22(23-18-37(35-33-23)20-10-15-39-16-11-20)31-29(32-26)27-21-7-5-13-30(28(21)41-34-27)12-4-3-9-25(30)38/h17-20,24H,3-16H2,1-2H3/t19-,24-,30+/m0/s1. The summed E-state index contributed by atoms with van der Waals surface area (Å²) in [5.41, 5.74) is 2.30. The van der Waals surface area contributed by atoms with Crippen LogP contribution in [0.5, 0.6) is 5.88 Å². The van der Waals surface area contributed by atoms with Gasteiger partial charge < -0.3 is 14.0 Å². The molecule has 0 aromatic carbocycles. The summed E-state index contributed by atoms with van der Waals surface area (Å²) >= 11 is 0. The molecular weight excluding hydrogens is 522 g/mol. The van der Waals surface area contributed by atoms with Crippen LogP contribution in [0.2, 0.25) is 0 Å². The van der Waals surface area contributed by atoms with Crippen molar-refractivity contribution in [3.63, 3.8) is 0 Å². The van der Waals surface area contributed by atoms with Gasteiger partial charge in [-0.15, -0.1) is 5.10 Å². The normalized spacial score (nSPS) is 26.4. The Kier molecular flexibility index (Phi) is 7.10. The molecule has 0 amide bonds. The topological polar surface area (TPSA) is 121 Å².